The summed E-state index contributed by atoms with van der Waals surface area (Å²) in [4.78, 5) is 14.6. The minimum absolute atomic E-state index is 0.0543. The summed E-state index contributed by atoms with van der Waals surface area (Å²) in [6.45, 7) is 6.43. The third-order valence-corrected chi connectivity index (χ3v) is 4.66. The molecule has 0 radical (unpaired) electrons. The Morgan fingerprint density at radius 2 is 2.26 bits per heavy atom. The molecule has 0 bridgehead atoms. The maximum atomic E-state index is 12.1. The third-order valence-electron chi connectivity index (χ3n) is 3.72. The van der Waals surface area contributed by atoms with E-state index in [0.717, 1.165) is 28.8 Å². The van der Waals surface area contributed by atoms with Crippen molar-refractivity contribution >= 4 is 28.5 Å². The Hall–Kier alpha value is -0.620. The second-order valence-corrected chi connectivity index (χ2v) is 6.25. The number of benzene rings is 1. The molecule has 1 aromatic carbocycles. The van der Waals surface area contributed by atoms with Gasteiger partial charge in [-0.2, -0.15) is 0 Å². The van der Waals surface area contributed by atoms with Gasteiger partial charge in [0.2, 0.25) is 0 Å². The first-order valence-electron chi connectivity index (χ1n) is 6.95. The number of nitrogens with one attached hydrogen (secondary N) is 1. The first-order chi connectivity index (χ1) is 9.20. The molecule has 0 saturated carbocycles. The lowest BCUT2D eigenvalue weighted by Gasteiger charge is -2.31. The average molecular weight is 372 g/mol. The predicted octanol–water partition coefficient (Wildman–Crippen LogP) is 2.75. The van der Waals surface area contributed by atoms with Gasteiger partial charge in [-0.15, -0.1) is 0 Å². The number of carbonyl (C=O) groups excluding carboxylic acids is 1. The zero-order valence-corrected chi connectivity index (χ0v) is 13.5. The van der Waals surface area contributed by atoms with E-state index in [1.807, 2.05) is 24.3 Å². The molecule has 0 unspecified atom stereocenters. The van der Waals surface area contributed by atoms with E-state index >= 15 is 0 Å². The number of halogens is 1. The summed E-state index contributed by atoms with van der Waals surface area (Å²) in [5, 5.41) is 3.08. The van der Waals surface area contributed by atoms with Gasteiger partial charge in [0.1, 0.15) is 0 Å². The number of hydrogen-bond donors (Lipinski definition) is 1. The van der Waals surface area contributed by atoms with E-state index < -0.39 is 0 Å². The summed E-state index contributed by atoms with van der Waals surface area (Å²) in [7, 11) is 0. The third kappa shape index (κ3) is 4.18. The Morgan fingerprint density at radius 3 is 3.00 bits per heavy atom. The minimum Gasteiger partial charge on any atom is -0.352 e. The van der Waals surface area contributed by atoms with Crippen LogP contribution in [-0.2, 0) is 0 Å². The molecule has 1 amide bonds. The second kappa shape index (κ2) is 7.24. The van der Waals surface area contributed by atoms with Crippen LogP contribution in [0.25, 0.3) is 0 Å². The van der Waals surface area contributed by atoms with Crippen molar-refractivity contribution in [3.63, 3.8) is 0 Å². The molecule has 1 aliphatic rings. The van der Waals surface area contributed by atoms with E-state index in [4.69, 9.17) is 0 Å². The fourth-order valence-electron chi connectivity index (χ4n) is 2.58. The van der Waals surface area contributed by atoms with Gasteiger partial charge in [0.05, 0.1) is 5.56 Å². The van der Waals surface area contributed by atoms with Crippen LogP contribution in [0.5, 0.6) is 0 Å². The molecule has 1 fully saturated rings. The van der Waals surface area contributed by atoms with Gasteiger partial charge in [-0.25, -0.2) is 0 Å². The molecule has 1 aliphatic heterocycles. The molecule has 1 saturated heterocycles. The Bertz CT molecular complexity index is 436. The maximum absolute atomic E-state index is 12.1. The van der Waals surface area contributed by atoms with Gasteiger partial charge in [-0.05, 0) is 66.6 Å². The molecule has 2 rings (SSSR count). The van der Waals surface area contributed by atoms with Gasteiger partial charge in [0.15, 0.2) is 0 Å². The topological polar surface area (TPSA) is 32.3 Å². The lowest BCUT2D eigenvalue weighted by atomic mass is 9.98. The number of hydrogen-bond acceptors (Lipinski definition) is 2. The van der Waals surface area contributed by atoms with E-state index in [0.29, 0.717) is 5.92 Å². The van der Waals surface area contributed by atoms with Crippen LogP contribution < -0.4 is 5.32 Å². The summed E-state index contributed by atoms with van der Waals surface area (Å²) in [5.41, 5.74) is 0.784. The summed E-state index contributed by atoms with van der Waals surface area (Å²) < 4.78 is 1.01. The van der Waals surface area contributed by atoms with Gasteiger partial charge >= 0.3 is 0 Å². The number of amides is 1. The molecular formula is C15H21IN2O. The number of piperidine rings is 1. The van der Waals surface area contributed by atoms with Crippen molar-refractivity contribution in [1.29, 1.82) is 0 Å². The first kappa shape index (κ1) is 14.8. The van der Waals surface area contributed by atoms with Crippen LogP contribution in [0.1, 0.15) is 30.1 Å². The molecule has 0 aliphatic carbocycles. The lowest BCUT2D eigenvalue weighted by molar-refractivity contribution is 0.0933. The zero-order chi connectivity index (χ0) is 13.7. The highest BCUT2D eigenvalue weighted by molar-refractivity contribution is 14.1. The van der Waals surface area contributed by atoms with E-state index in [2.05, 4.69) is 39.7 Å². The standard InChI is InChI=1S/C15H21IN2O/c1-2-18-9-5-6-12(11-18)10-17-15(19)13-7-3-4-8-14(13)16/h3-4,7-8,12H,2,5-6,9-11H2,1H3,(H,17,19)/t12-/m1/s1. The van der Waals surface area contributed by atoms with E-state index in [9.17, 15) is 4.79 Å². The minimum atomic E-state index is 0.0543. The van der Waals surface area contributed by atoms with Gasteiger partial charge < -0.3 is 10.2 Å². The summed E-state index contributed by atoms with van der Waals surface area (Å²) in [6.07, 6.45) is 2.47. The van der Waals surface area contributed by atoms with Crippen LogP contribution >= 0.6 is 22.6 Å². The van der Waals surface area contributed by atoms with Crippen LogP contribution in [-0.4, -0.2) is 37.0 Å². The highest BCUT2D eigenvalue weighted by Crippen LogP contribution is 2.16. The smallest absolute Gasteiger partial charge is 0.252 e. The van der Waals surface area contributed by atoms with Gasteiger partial charge in [0, 0.05) is 16.7 Å². The highest BCUT2D eigenvalue weighted by Gasteiger charge is 2.19. The van der Waals surface area contributed by atoms with E-state index in [1.54, 1.807) is 0 Å². The van der Waals surface area contributed by atoms with E-state index in [-0.39, 0.29) is 5.91 Å². The van der Waals surface area contributed by atoms with Crippen LogP contribution in [0.3, 0.4) is 0 Å². The van der Waals surface area contributed by atoms with Crippen molar-refractivity contribution in [2.45, 2.75) is 19.8 Å². The van der Waals surface area contributed by atoms with E-state index in [1.165, 1.54) is 19.4 Å². The lowest BCUT2D eigenvalue weighted by Crippen LogP contribution is -2.40. The Labute approximate surface area is 128 Å². The Morgan fingerprint density at radius 1 is 1.47 bits per heavy atom. The maximum Gasteiger partial charge on any atom is 0.252 e. The summed E-state index contributed by atoms with van der Waals surface area (Å²) in [6, 6.07) is 7.72. The number of rotatable bonds is 4. The van der Waals surface area contributed by atoms with Crippen molar-refractivity contribution in [1.82, 2.24) is 10.2 Å². The fraction of sp³-hybridized carbons (Fsp3) is 0.533. The number of likely N-dealkylation sites (tertiary alicyclic amines) is 1. The van der Waals surface area contributed by atoms with Crippen LogP contribution in [0.2, 0.25) is 0 Å². The summed E-state index contributed by atoms with van der Waals surface area (Å²) >= 11 is 2.21. The van der Waals surface area contributed by atoms with Gasteiger partial charge in [0.25, 0.3) is 5.91 Å². The zero-order valence-electron chi connectivity index (χ0n) is 11.4. The predicted molar refractivity (Wildman–Crippen MR) is 86.3 cm³/mol. The van der Waals surface area contributed by atoms with Crippen molar-refractivity contribution < 1.29 is 4.79 Å². The van der Waals surface area contributed by atoms with Gasteiger partial charge in [-0.1, -0.05) is 19.1 Å². The van der Waals surface area contributed by atoms with Crippen molar-refractivity contribution in [2.75, 3.05) is 26.2 Å². The van der Waals surface area contributed by atoms with Crippen LogP contribution in [0.15, 0.2) is 24.3 Å². The number of nitrogens with zero attached hydrogens (tertiary/aromatic N) is 1. The molecule has 1 atom stereocenters. The molecule has 3 nitrogen and oxygen atoms in total. The molecule has 0 aromatic heterocycles. The van der Waals surface area contributed by atoms with Gasteiger partial charge in [-0.3, -0.25) is 4.79 Å². The molecule has 104 valence electrons. The molecule has 1 aromatic rings. The molecule has 4 heteroatoms. The second-order valence-electron chi connectivity index (χ2n) is 5.09. The molecule has 1 heterocycles. The largest absolute Gasteiger partial charge is 0.352 e. The van der Waals surface area contributed by atoms with Crippen LogP contribution in [0.4, 0.5) is 0 Å². The highest BCUT2D eigenvalue weighted by atomic mass is 127. The monoisotopic (exact) mass is 372 g/mol. The Kier molecular flexibility index (Phi) is 5.63. The fourth-order valence-corrected chi connectivity index (χ4v) is 3.22. The van der Waals surface area contributed by atoms with Crippen molar-refractivity contribution in [3.05, 3.63) is 33.4 Å². The molecular weight excluding hydrogens is 351 g/mol. The normalized spacial score (nSPS) is 20.2. The first-order valence-corrected chi connectivity index (χ1v) is 8.03. The van der Waals surface area contributed by atoms with Crippen molar-refractivity contribution in [2.24, 2.45) is 5.92 Å². The van der Waals surface area contributed by atoms with Crippen molar-refractivity contribution in [3.8, 4) is 0 Å². The Balaban J connectivity index is 1.85. The molecule has 1 N–H and O–H groups in total. The quantitative estimate of drug-likeness (QED) is 0.825. The van der Waals surface area contributed by atoms with Crippen LogP contribution in [0, 0.1) is 9.49 Å². The average Bonchev–Trinajstić information content (AvgIpc) is 2.45. The summed E-state index contributed by atoms with van der Waals surface area (Å²) in [5.74, 6) is 0.651. The molecule has 19 heavy (non-hydrogen) atoms. The SMILES string of the molecule is CCN1CCC[C@H](CNC(=O)c2ccccc2I)C1. The molecule has 0 spiro atoms. The number of carbonyl (C=O) groups is 1.